The van der Waals surface area contributed by atoms with Gasteiger partial charge in [-0.05, 0) is 28.4 Å². The second-order valence-electron chi connectivity index (χ2n) is 3.65. The maximum Gasteiger partial charge on any atom is 0.228 e. The van der Waals surface area contributed by atoms with Gasteiger partial charge in [0, 0.05) is 6.26 Å². The van der Waals surface area contributed by atoms with Crippen molar-refractivity contribution in [1.82, 2.24) is 0 Å². The van der Waals surface area contributed by atoms with Crippen LogP contribution in [0.25, 0.3) is 0 Å². The molecule has 6 heteroatoms. The molecular weight excluding hydrogens is 316 g/mol. The molecule has 0 amide bonds. The van der Waals surface area contributed by atoms with Gasteiger partial charge < -0.3 is 5.11 Å². The predicted molar refractivity (Wildman–Crippen MR) is 68.5 cm³/mol. The maximum absolute atomic E-state index is 11.4. The third-order valence-electron chi connectivity index (χ3n) is 2.21. The average molecular weight is 328 g/mol. The number of hydrogen-bond acceptors (Lipinski definition) is 3. The van der Waals surface area contributed by atoms with Crippen molar-refractivity contribution in [2.75, 3.05) is 6.26 Å². The van der Waals surface area contributed by atoms with Gasteiger partial charge in [0.1, 0.15) is 6.10 Å². The van der Waals surface area contributed by atoms with Crippen molar-refractivity contribution in [3.05, 3.63) is 35.4 Å². The second-order valence-corrected chi connectivity index (χ2v) is 8.89. The molecule has 0 spiro atoms. The van der Waals surface area contributed by atoms with Crippen LogP contribution >= 0.6 is 27.5 Å². The molecule has 1 aromatic carbocycles. The Morgan fingerprint density at radius 2 is 1.81 bits per heavy atom. The zero-order chi connectivity index (χ0) is 12.6. The summed E-state index contributed by atoms with van der Waals surface area (Å²) < 4.78 is 20.9. The normalized spacial score (nSPS) is 17.8. The summed E-state index contributed by atoms with van der Waals surface area (Å²) >= 11 is 8.67. The molecular formula is C10H12BrClO3S. The summed E-state index contributed by atoms with van der Waals surface area (Å²) in [6, 6.07) is 6.84. The van der Waals surface area contributed by atoms with Crippen LogP contribution in [0.2, 0.25) is 0 Å². The Kier molecular flexibility index (Phi) is 4.05. The highest BCUT2D eigenvalue weighted by atomic mass is 79.9. The Morgan fingerprint density at radius 1 is 1.38 bits per heavy atom. The van der Waals surface area contributed by atoms with Gasteiger partial charge in [-0.25, -0.2) is 8.42 Å². The number of aryl methyl sites for hydroxylation is 1. The van der Waals surface area contributed by atoms with Gasteiger partial charge in [0.05, 0.1) is 0 Å². The summed E-state index contributed by atoms with van der Waals surface area (Å²) in [7, 11) is -3.63. The maximum atomic E-state index is 11.4. The Labute approximate surface area is 108 Å². The van der Waals surface area contributed by atoms with Gasteiger partial charge in [-0.1, -0.05) is 41.4 Å². The van der Waals surface area contributed by atoms with E-state index in [1.54, 1.807) is 24.3 Å². The topological polar surface area (TPSA) is 54.4 Å². The van der Waals surface area contributed by atoms with E-state index in [1.165, 1.54) is 0 Å². The fourth-order valence-corrected chi connectivity index (χ4v) is 2.08. The number of aliphatic hydroxyl groups is 1. The molecule has 0 saturated carbocycles. The van der Waals surface area contributed by atoms with E-state index in [1.807, 2.05) is 6.92 Å². The van der Waals surface area contributed by atoms with E-state index in [0.29, 0.717) is 5.56 Å². The molecule has 0 heterocycles. The molecule has 0 fully saturated rings. The van der Waals surface area contributed by atoms with Gasteiger partial charge >= 0.3 is 0 Å². The molecule has 0 aliphatic carbocycles. The lowest BCUT2D eigenvalue weighted by Crippen LogP contribution is -2.32. The van der Waals surface area contributed by atoms with E-state index in [4.69, 9.17) is 11.6 Å². The largest absolute Gasteiger partial charge is 0.385 e. The fourth-order valence-electron chi connectivity index (χ4n) is 1.15. The molecule has 0 aliphatic heterocycles. The first kappa shape index (κ1) is 14.0. The van der Waals surface area contributed by atoms with Crippen LogP contribution in [0, 0.1) is 6.92 Å². The molecule has 0 radical (unpaired) electrons. The number of benzene rings is 1. The van der Waals surface area contributed by atoms with E-state index < -0.39 is 19.1 Å². The van der Waals surface area contributed by atoms with Gasteiger partial charge in [-0.3, -0.25) is 0 Å². The van der Waals surface area contributed by atoms with Gasteiger partial charge in [-0.15, -0.1) is 0 Å². The van der Waals surface area contributed by atoms with Crippen LogP contribution in [0.5, 0.6) is 0 Å². The lowest BCUT2D eigenvalue weighted by molar-refractivity contribution is 0.185. The summed E-state index contributed by atoms with van der Waals surface area (Å²) in [5, 5.41) is 9.92. The molecule has 0 aromatic heterocycles. The summed E-state index contributed by atoms with van der Waals surface area (Å²) in [5.41, 5.74) is 1.47. The molecule has 1 N–H and O–H groups in total. The van der Waals surface area contributed by atoms with Crippen molar-refractivity contribution in [2.24, 2.45) is 0 Å². The summed E-state index contributed by atoms with van der Waals surface area (Å²) in [5.74, 6) is 0. The number of halogens is 2. The summed E-state index contributed by atoms with van der Waals surface area (Å²) in [6.07, 6.45) is -0.364. The molecule has 1 aromatic rings. The monoisotopic (exact) mass is 326 g/mol. The zero-order valence-corrected chi connectivity index (χ0v) is 12.0. The van der Waals surface area contributed by atoms with Crippen molar-refractivity contribution in [3.8, 4) is 0 Å². The minimum atomic E-state index is -3.63. The summed E-state index contributed by atoms with van der Waals surface area (Å²) in [6.45, 7) is 1.90. The van der Waals surface area contributed by atoms with Gasteiger partial charge in [0.25, 0.3) is 0 Å². The zero-order valence-electron chi connectivity index (χ0n) is 8.81. The molecule has 1 rings (SSSR count). The Morgan fingerprint density at radius 3 is 2.19 bits per heavy atom. The van der Waals surface area contributed by atoms with Crippen LogP contribution in [-0.4, -0.2) is 22.9 Å². The van der Waals surface area contributed by atoms with E-state index in [0.717, 1.165) is 11.8 Å². The van der Waals surface area contributed by atoms with Gasteiger partial charge in [0.2, 0.25) is 3.12 Å². The first-order valence-electron chi connectivity index (χ1n) is 4.48. The van der Waals surface area contributed by atoms with Gasteiger partial charge in [0.15, 0.2) is 9.84 Å². The Bertz CT molecular complexity index is 467. The smallest absolute Gasteiger partial charge is 0.228 e. The first-order valence-corrected chi connectivity index (χ1v) is 7.54. The average Bonchev–Trinajstić information content (AvgIpc) is 2.16. The highest BCUT2D eigenvalue weighted by Crippen LogP contribution is 2.41. The van der Waals surface area contributed by atoms with Crippen LogP contribution in [0.1, 0.15) is 17.2 Å². The van der Waals surface area contributed by atoms with Crippen LogP contribution in [0.15, 0.2) is 24.3 Å². The minimum Gasteiger partial charge on any atom is -0.385 e. The second kappa shape index (κ2) is 4.64. The first-order chi connectivity index (χ1) is 7.16. The highest BCUT2D eigenvalue weighted by molar-refractivity contribution is 9.12. The number of rotatable bonds is 3. The van der Waals surface area contributed by atoms with Crippen molar-refractivity contribution in [1.29, 1.82) is 0 Å². The van der Waals surface area contributed by atoms with E-state index >= 15 is 0 Å². The molecule has 3 nitrogen and oxygen atoms in total. The molecule has 2 atom stereocenters. The molecule has 0 unspecified atom stereocenters. The van der Waals surface area contributed by atoms with Crippen molar-refractivity contribution < 1.29 is 13.5 Å². The SMILES string of the molecule is Cc1ccc([C@@H](O)[C@@](Cl)(Br)S(C)(=O)=O)cc1. The molecule has 0 aliphatic rings. The van der Waals surface area contributed by atoms with Crippen LogP contribution < -0.4 is 0 Å². The Balaban J connectivity index is 3.12. The number of sulfone groups is 1. The molecule has 90 valence electrons. The van der Waals surface area contributed by atoms with Crippen LogP contribution in [0.4, 0.5) is 0 Å². The van der Waals surface area contributed by atoms with E-state index in [-0.39, 0.29) is 0 Å². The van der Waals surface area contributed by atoms with Gasteiger partial charge in [-0.2, -0.15) is 0 Å². The molecule has 0 bridgehead atoms. The van der Waals surface area contributed by atoms with Crippen LogP contribution in [-0.2, 0) is 9.84 Å². The lowest BCUT2D eigenvalue weighted by Gasteiger charge is -2.24. The summed E-state index contributed by atoms with van der Waals surface area (Å²) in [4.78, 5) is 0. The highest BCUT2D eigenvalue weighted by Gasteiger charge is 2.44. The van der Waals surface area contributed by atoms with Crippen molar-refractivity contribution in [3.63, 3.8) is 0 Å². The number of hydrogen-bond donors (Lipinski definition) is 1. The third-order valence-corrected chi connectivity index (χ3v) is 6.66. The van der Waals surface area contributed by atoms with Crippen LogP contribution in [0.3, 0.4) is 0 Å². The Hall–Kier alpha value is -0.100. The standard InChI is InChI=1S/C10H12BrClO3S/c1-7-3-5-8(6-4-7)9(13)10(11,12)16(2,14)15/h3-6,9,13H,1-2H3/t9-,10+/m1/s1. The number of aliphatic hydroxyl groups excluding tert-OH is 1. The molecule has 0 saturated heterocycles. The predicted octanol–water partition coefficient (Wildman–Crippen LogP) is 2.36. The number of alkyl halides is 2. The quantitative estimate of drug-likeness (QED) is 0.867. The van der Waals surface area contributed by atoms with Crippen molar-refractivity contribution in [2.45, 2.75) is 16.1 Å². The minimum absolute atomic E-state index is 0.447. The lowest BCUT2D eigenvalue weighted by atomic mass is 10.1. The third kappa shape index (κ3) is 2.77. The molecule has 16 heavy (non-hydrogen) atoms. The van der Waals surface area contributed by atoms with E-state index in [9.17, 15) is 13.5 Å². The fraction of sp³-hybridized carbons (Fsp3) is 0.400. The van der Waals surface area contributed by atoms with E-state index in [2.05, 4.69) is 15.9 Å². The van der Waals surface area contributed by atoms with Crippen molar-refractivity contribution >= 4 is 37.4 Å².